The molecule has 2 aromatic carbocycles. The lowest BCUT2D eigenvalue weighted by atomic mass is 10.0. The van der Waals surface area contributed by atoms with Crippen LogP contribution in [0.4, 0.5) is 0 Å². The molecule has 19 heavy (non-hydrogen) atoms. The van der Waals surface area contributed by atoms with E-state index < -0.39 is 0 Å². The van der Waals surface area contributed by atoms with Gasteiger partial charge in [-0.25, -0.2) is 0 Å². The summed E-state index contributed by atoms with van der Waals surface area (Å²) in [5.41, 5.74) is 8.06. The third-order valence-electron chi connectivity index (χ3n) is 3.12. The Morgan fingerprint density at radius 2 is 1.89 bits per heavy atom. The molecule has 0 heterocycles. The molecule has 2 nitrogen and oxygen atoms in total. The predicted molar refractivity (Wildman–Crippen MR) is 82.4 cm³/mol. The molecule has 0 saturated heterocycles. The van der Waals surface area contributed by atoms with Gasteiger partial charge in [-0.05, 0) is 51.7 Å². The van der Waals surface area contributed by atoms with Gasteiger partial charge in [0, 0.05) is 0 Å². The van der Waals surface area contributed by atoms with Gasteiger partial charge < -0.3 is 10.5 Å². The molecule has 1 atom stereocenters. The van der Waals surface area contributed by atoms with Crippen LogP contribution in [0.5, 0.6) is 5.75 Å². The van der Waals surface area contributed by atoms with E-state index in [1.165, 1.54) is 5.56 Å². The molecule has 0 aliphatic rings. The second kappa shape index (κ2) is 6.73. The van der Waals surface area contributed by atoms with Gasteiger partial charge in [0.05, 0.1) is 4.47 Å². The Bertz CT molecular complexity index is 528. The molecule has 100 valence electrons. The molecule has 0 aliphatic carbocycles. The lowest BCUT2D eigenvalue weighted by Crippen LogP contribution is -2.08. The highest BCUT2D eigenvalue weighted by molar-refractivity contribution is 9.10. The van der Waals surface area contributed by atoms with Crippen LogP contribution in [-0.4, -0.2) is 6.54 Å². The SMILES string of the molecule is CC(CN)c1ccc(OCc2ccccc2)c(Br)c1. The van der Waals surface area contributed by atoms with E-state index in [0.717, 1.165) is 15.8 Å². The molecule has 1 unspecified atom stereocenters. The molecular weight excluding hydrogens is 302 g/mol. The smallest absolute Gasteiger partial charge is 0.134 e. The Hall–Kier alpha value is -1.32. The molecule has 2 N–H and O–H groups in total. The van der Waals surface area contributed by atoms with E-state index in [2.05, 4.69) is 47.1 Å². The second-order valence-corrected chi connectivity index (χ2v) is 5.46. The maximum atomic E-state index is 5.81. The van der Waals surface area contributed by atoms with Crippen LogP contribution in [0.1, 0.15) is 24.0 Å². The molecule has 2 rings (SSSR count). The molecule has 0 aromatic heterocycles. The summed E-state index contributed by atoms with van der Waals surface area (Å²) >= 11 is 3.55. The summed E-state index contributed by atoms with van der Waals surface area (Å²) < 4.78 is 6.79. The summed E-state index contributed by atoms with van der Waals surface area (Å²) in [6.07, 6.45) is 0. The minimum Gasteiger partial charge on any atom is -0.488 e. The molecule has 0 bridgehead atoms. The lowest BCUT2D eigenvalue weighted by molar-refractivity contribution is 0.304. The van der Waals surface area contributed by atoms with Crippen molar-refractivity contribution in [3.05, 3.63) is 64.1 Å². The van der Waals surface area contributed by atoms with Crippen molar-refractivity contribution in [1.82, 2.24) is 0 Å². The maximum absolute atomic E-state index is 5.81. The van der Waals surface area contributed by atoms with E-state index in [1.807, 2.05) is 24.3 Å². The molecule has 0 radical (unpaired) electrons. The Kier molecular flexibility index (Phi) is 5.00. The second-order valence-electron chi connectivity index (χ2n) is 4.60. The number of rotatable bonds is 5. The van der Waals surface area contributed by atoms with Gasteiger partial charge in [0.1, 0.15) is 12.4 Å². The fraction of sp³-hybridized carbons (Fsp3) is 0.250. The van der Waals surface area contributed by atoms with Crippen LogP contribution in [0, 0.1) is 0 Å². The molecule has 2 aromatic rings. The van der Waals surface area contributed by atoms with Gasteiger partial charge in [0.15, 0.2) is 0 Å². The average Bonchev–Trinajstić information content (AvgIpc) is 2.46. The minimum absolute atomic E-state index is 0.361. The highest BCUT2D eigenvalue weighted by Crippen LogP contribution is 2.29. The van der Waals surface area contributed by atoms with Gasteiger partial charge in [-0.2, -0.15) is 0 Å². The summed E-state index contributed by atoms with van der Waals surface area (Å²) in [5.74, 6) is 1.22. The zero-order chi connectivity index (χ0) is 13.7. The van der Waals surface area contributed by atoms with Crippen LogP contribution >= 0.6 is 15.9 Å². The van der Waals surface area contributed by atoms with E-state index in [0.29, 0.717) is 19.1 Å². The highest BCUT2D eigenvalue weighted by Gasteiger charge is 2.07. The normalized spacial score (nSPS) is 12.2. The van der Waals surface area contributed by atoms with Crippen molar-refractivity contribution >= 4 is 15.9 Å². The van der Waals surface area contributed by atoms with Gasteiger partial charge in [-0.1, -0.05) is 43.3 Å². The van der Waals surface area contributed by atoms with Crippen LogP contribution < -0.4 is 10.5 Å². The summed E-state index contributed by atoms with van der Waals surface area (Å²) in [6.45, 7) is 3.34. The number of nitrogens with two attached hydrogens (primary N) is 1. The van der Waals surface area contributed by atoms with E-state index in [9.17, 15) is 0 Å². The Morgan fingerprint density at radius 1 is 1.16 bits per heavy atom. The van der Waals surface area contributed by atoms with E-state index >= 15 is 0 Å². The van der Waals surface area contributed by atoms with Crippen LogP contribution in [0.25, 0.3) is 0 Å². The van der Waals surface area contributed by atoms with Crippen molar-refractivity contribution in [2.45, 2.75) is 19.4 Å². The van der Waals surface area contributed by atoms with Crippen LogP contribution in [0.3, 0.4) is 0 Å². The molecule has 0 saturated carbocycles. The highest BCUT2D eigenvalue weighted by atomic mass is 79.9. The third-order valence-corrected chi connectivity index (χ3v) is 3.74. The lowest BCUT2D eigenvalue weighted by Gasteiger charge is -2.13. The Morgan fingerprint density at radius 3 is 2.53 bits per heavy atom. The quantitative estimate of drug-likeness (QED) is 0.900. The first-order valence-electron chi connectivity index (χ1n) is 6.37. The van der Waals surface area contributed by atoms with Gasteiger partial charge >= 0.3 is 0 Å². The fourth-order valence-corrected chi connectivity index (χ4v) is 2.32. The van der Waals surface area contributed by atoms with Gasteiger partial charge in [0.25, 0.3) is 0 Å². The van der Waals surface area contributed by atoms with Crippen molar-refractivity contribution in [1.29, 1.82) is 0 Å². The van der Waals surface area contributed by atoms with Crippen molar-refractivity contribution in [3.63, 3.8) is 0 Å². The molecular formula is C16H18BrNO. The topological polar surface area (TPSA) is 35.2 Å². The van der Waals surface area contributed by atoms with E-state index in [4.69, 9.17) is 10.5 Å². The monoisotopic (exact) mass is 319 g/mol. The minimum atomic E-state index is 0.361. The predicted octanol–water partition coefficient (Wildman–Crippen LogP) is 4.09. The summed E-state index contributed by atoms with van der Waals surface area (Å²) in [5, 5.41) is 0. The fourth-order valence-electron chi connectivity index (χ4n) is 1.81. The molecule has 3 heteroatoms. The van der Waals surface area contributed by atoms with Crippen LogP contribution in [0.15, 0.2) is 53.0 Å². The van der Waals surface area contributed by atoms with Crippen molar-refractivity contribution < 1.29 is 4.74 Å². The van der Waals surface area contributed by atoms with E-state index in [1.54, 1.807) is 0 Å². The summed E-state index contributed by atoms with van der Waals surface area (Å²) in [7, 11) is 0. The third kappa shape index (κ3) is 3.82. The number of ether oxygens (including phenoxy) is 1. The van der Waals surface area contributed by atoms with Crippen LogP contribution in [-0.2, 0) is 6.61 Å². The van der Waals surface area contributed by atoms with Gasteiger partial charge in [-0.15, -0.1) is 0 Å². The molecule has 0 amide bonds. The zero-order valence-corrected chi connectivity index (χ0v) is 12.6. The Labute approximate surface area is 122 Å². The first-order chi connectivity index (χ1) is 9.20. The zero-order valence-electron chi connectivity index (χ0n) is 11.0. The number of hydrogen-bond donors (Lipinski definition) is 1. The average molecular weight is 320 g/mol. The largest absolute Gasteiger partial charge is 0.488 e. The van der Waals surface area contributed by atoms with Crippen molar-refractivity contribution in [2.75, 3.05) is 6.54 Å². The molecule has 0 aliphatic heterocycles. The summed E-state index contributed by atoms with van der Waals surface area (Å²) in [6, 6.07) is 16.3. The molecule has 0 fully saturated rings. The number of hydrogen-bond acceptors (Lipinski definition) is 2. The summed E-state index contributed by atoms with van der Waals surface area (Å²) in [4.78, 5) is 0. The standard InChI is InChI=1S/C16H18BrNO/c1-12(10-18)14-7-8-16(15(17)9-14)19-11-13-5-3-2-4-6-13/h2-9,12H,10-11,18H2,1H3. The number of halogens is 1. The number of benzene rings is 2. The maximum Gasteiger partial charge on any atom is 0.134 e. The van der Waals surface area contributed by atoms with Crippen molar-refractivity contribution in [3.8, 4) is 5.75 Å². The van der Waals surface area contributed by atoms with Gasteiger partial charge in [0.2, 0.25) is 0 Å². The van der Waals surface area contributed by atoms with Crippen molar-refractivity contribution in [2.24, 2.45) is 5.73 Å². The Balaban J connectivity index is 2.05. The first kappa shape index (κ1) is 14.1. The molecule has 0 spiro atoms. The van der Waals surface area contributed by atoms with Gasteiger partial charge in [-0.3, -0.25) is 0 Å². The first-order valence-corrected chi connectivity index (χ1v) is 7.16. The van der Waals surface area contributed by atoms with E-state index in [-0.39, 0.29) is 0 Å². The van der Waals surface area contributed by atoms with Crippen LogP contribution in [0.2, 0.25) is 0 Å².